The Kier molecular flexibility index (Phi) is 4.59. The maximum atomic E-state index is 12.4. The Labute approximate surface area is 148 Å². The van der Waals surface area contributed by atoms with Crippen molar-refractivity contribution in [1.29, 1.82) is 0 Å². The van der Waals surface area contributed by atoms with E-state index < -0.39 is 5.56 Å². The van der Waals surface area contributed by atoms with Crippen molar-refractivity contribution in [2.45, 2.75) is 13.5 Å². The lowest BCUT2D eigenvalue weighted by atomic mass is 10.2. The first-order valence-corrected chi connectivity index (χ1v) is 7.98. The zero-order chi connectivity index (χ0) is 17.3. The molecule has 0 amide bonds. The molecule has 3 rings (SSSR count). The number of halogens is 2. The summed E-state index contributed by atoms with van der Waals surface area (Å²) in [6.45, 7) is 2.48. The van der Waals surface area contributed by atoms with Crippen molar-refractivity contribution in [1.82, 2.24) is 19.6 Å². The Morgan fingerprint density at radius 2 is 1.83 bits per heavy atom. The standard InChI is InChI=1S/C16H15Cl2N5O/c1-10-11(8-20-22(10)2)7-19-14-9-21-23(16(24)15(14)18)13-5-3-12(17)4-6-13/h3-6,8-9,19H,7H2,1-2H3. The van der Waals surface area contributed by atoms with Gasteiger partial charge in [0, 0.05) is 29.9 Å². The van der Waals surface area contributed by atoms with Gasteiger partial charge < -0.3 is 5.32 Å². The third-order valence-corrected chi connectivity index (χ3v) is 4.41. The van der Waals surface area contributed by atoms with Gasteiger partial charge in [-0.3, -0.25) is 9.48 Å². The van der Waals surface area contributed by atoms with Gasteiger partial charge in [-0.25, -0.2) is 0 Å². The number of benzene rings is 1. The summed E-state index contributed by atoms with van der Waals surface area (Å²) in [6, 6.07) is 6.80. The van der Waals surface area contributed by atoms with Crippen LogP contribution in [0.2, 0.25) is 10.0 Å². The first kappa shape index (κ1) is 16.5. The molecule has 1 N–H and O–H groups in total. The van der Waals surface area contributed by atoms with Gasteiger partial charge in [0.05, 0.1) is 23.8 Å². The number of nitrogens with one attached hydrogen (secondary N) is 1. The van der Waals surface area contributed by atoms with Crippen molar-refractivity contribution >= 4 is 28.9 Å². The summed E-state index contributed by atoms with van der Waals surface area (Å²) in [5.74, 6) is 0. The molecular formula is C16H15Cl2N5O. The Bertz CT molecular complexity index is 931. The van der Waals surface area contributed by atoms with E-state index in [9.17, 15) is 4.79 Å². The number of aromatic nitrogens is 4. The van der Waals surface area contributed by atoms with E-state index in [1.165, 1.54) is 10.9 Å². The van der Waals surface area contributed by atoms with Crippen LogP contribution in [0.5, 0.6) is 0 Å². The average Bonchev–Trinajstić information content (AvgIpc) is 2.89. The number of hydrogen-bond donors (Lipinski definition) is 1. The molecule has 0 unspecified atom stereocenters. The smallest absolute Gasteiger partial charge is 0.292 e. The predicted molar refractivity (Wildman–Crippen MR) is 95.1 cm³/mol. The van der Waals surface area contributed by atoms with Gasteiger partial charge in [0.15, 0.2) is 0 Å². The number of hydrogen-bond acceptors (Lipinski definition) is 4. The van der Waals surface area contributed by atoms with Gasteiger partial charge in [0.1, 0.15) is 5.02 Å². The molecule has 0 atom stereocenters. The SMILES string of the molecule is Cc1c(CNc2cnn(-c3ccc(Cl)cc3)c(=O)c2Cl)cnn1C. The van der Waals surface area contributed by atoms with Crippen LogP contribution in [0.15, 0.2) is 41.5 Å². The Balaban J connectivity index is 1.86. The summed E-state index contributed by atoms with van der Waals surface area (Å²) < 4.78 is 3.02. The van der Waals surface area contributed by atoms with Gasteiger partial charge in [-0.15, -0.1) is 0 Å². The van der Waals surface area contributed by atoms with Crippen LogP contribution in [0.4, 0.5) is 5.69 Å². The van der Waals surface area contributed by atoms with E-state index in [4.69, 9.17) is 23.2 Å². The molecule has 8 heteroatoms. The van der Waals surface area contributed by atoms with Gasteiger partial charge in [-0.1, -0.05) is 23.2 Å². The first-order chi connectivity index (χ1) is 11.5. The molecule has 124 valence electrons. The van der Waals surface area contributed by atoms with E-state index in [0.717, 1.165) is 11.3 Å². The lowest BCUT2D eigenvalue weighted by Crippen LogP contribution is -2.22. The molecule has 2 aromatic heterocycles. The molecule has 1 aromatic carbocycles. The minimum absolute atomic E-state index is 0.0847. The van der Waals surface area contributed by atoms with E-state index in [2.05, 4.69) is 15.5 Å². The van der Waals surface area contributed by atoms with Crippen LogP contribution in [0.25, 0.3) is 5.69 Å². The van der Waals surface area contributed by atoms with Crippen molar-refractivity contribution in [2.75, 3.05) is 5.32 Å². The number of rotatable bonds is 4. The Hall–Kier alpha value is -2.31. The first-order valence-electron chi connectivity index (χ1n) is 7.22. The molecule has 0 saturated carbocycles. The third-order valence-electron chi connectivity index (χ3n) is 3.80. The lowest BCUT2D eigenvalue weighted by Gasteiger charge is -2.10. The van der Waals surface area contributed by atoms with Crippen molar-refractivity contribution in [2.24, 2.45) is 7.05 Å². The van der Waals surface area contributed by atoms with Gasteiger partial charge >= 0.3 is 0 Å². The predicted octanol–water partition coefficient (Wildman–Crippen LogP) is 3.19. The number of anilines is 1. The van der Waals surface area contributed by atoms with Crippen molar-refractivity contribution < 1.29 is 0 Å². The number of aryl methyl sites for hydroxylation is 1. The molecule has 2 heterocycles. The average molecular weight is 364 g/mol. The molecule has 0 spiro atoms. The normalized spacial score (nSPS) is 10.8. The Morgan fingerprint density at radius 1 is 1.12 bits per heavy atom. The van der Waals surface area contributed by atoms with Gasteiger partial charge in [-0.2, -0.15) is 14.9 Å². The van der Waals surface area contributed by atoms with Crippen molar-refractivity contribution in [3.8, 4) is 5.69 Å². The lowest BCUT2D eigenvalue weighted by molar-refractivity contribution is 0.738. The zero-order valence-corrected chi connectivity index (χ0v) is 14.6. The van der Waals surface area contributed by atoms with Crippen LogP contribution in [0, 0.1) is 6.92 Å². The Morgan fingerprint density at radius 3 is 2.46 bits per heavy atom. The summed E-state index contributed by atoms with van der Waals surface area (Å²) in [6.07, 6.45) is 3.31. The van der Waals surface area contributed by atoms with Crippen LogP contribution in [0.1, 0.15) is 11.3 Å². The summed E-state index contributed by atoms with van der Waals surface area (Å²) in [5, 5.41) is 12.2. The highest BCUT2D eigenvalue weighted by atomic mass is 35.5. The minimum Gasteiger partial charge on any atom is -0.378 e. The molecule has 3 aromatic rings. The second-order valence-electron chi connectivity index (χ2n) is 5.30. The molecule has 0 radical (unpaired) electrons. The highest BCUT2D eigenvalue weighted by Gasteiger charge is 2.11. The van der Waals surface area contributed by atoms with Crippen molar-refractivity contribution in [3.05, 3.63) is 68.3 Å². The molecule has 24 heavy (non-hydrogen) atoms. The second-order valence-corrected chi connectivity index (χ2v) is 6.11. The van der Waals surface area contributed by atoms with E-state index in [1.807, 2.05) is 14.0 Å². The highest BCUT2D eigenvalue weighted by molar-refractivity contribution is 6.33. The minimum atomic E-state index is -0.396. The van der Waals surface area contributed by atoms with E-state index in [0.29, 0.717) is 22.9 Å². The summed E-state index contributed by atoms with van der Waals surface area (Å²) in [7, 11) is 1.88. The summed E-state index contributed by atoms with van der Waals surface area (Å²) in [5.41, 5.74) is 2.75. The molecule has 0 aliphatic heterocycles. The largest absolute Gasteiger partial charge is 0.378 e. The molecule has 0 aliphatic rings. The molecule has 0 aliphatic carbocycles. The quantitative estimate of drug-likeness (QED) is 0.772. The van der Waals surface area contributed by atoms with Crippen molar-refractivity contribution in [3.63, 3.8) is 0 Å². The fourth-order valence-corrected chi connectivity index (χ4v) is 2.55. The maximum Gasteiger partial charge on any atom is 0.292 e. The maximum absolute atomic E-state index is 12.4. The summed E-state index contributed by atoms with van der Waals surface area (Å²) >= 11 is 12.1. The number of nitrogens with zero attached hydrogens (tertiary/aromatic N) is 4. The van der Waals surface area contributed by atoms with Crippen LogP contribution >= 0.6 is 23.2 Å². The topological polar surface area (TPSA) is 64.7 Å². The fraction of sp³-hybridized carbons (Fsp3) is 0.188. The molecule has 6 nitrogen and oxygen atoms in total. The van der Waals surface area contributed by atoms with E-state index >= 15 is 0 Å². The zero-order valence-electron chi connectivity index (χ0n) is 13.1. The van der Waals surface area contributed by atoms with Gasteiger partial charge in [0.25, 0.3) is 5.56 Å². The van der Waals surface area contributed by atoms with Crippen LogP contribution in [-0.4, -0.2) is 19.6 Å². The monoisotopic (exact) mass is 363 g/mol. The van der Waals surface area contributed by atoms with E-state index in [1.54, 1.807) is 35.1 Å². The van der Waals surface area contributed by atoms with Crippen LogP contribution in [-0.2, 0) is 13.6 Å². The molecule has 0 fully saturated rings. The van der Waals surface area contributed by atoms with Gasteiger partial charge in [-0.05, 0) is 31.2 Å². The van der Waals surface area contributed by atoms with Gasteiger partial charge in [0.2, 0.25) is 0 Å². The summed E-state index contributed by atoms with van der Waals surface area (Å²) in [4.78, 5) is 12.4. The molecule has 0 saturated heterocycles. The fourth-order valence-electron chi connectivity index (χ4n) is 2.23. The second kappa shape index (κ2) is 6.67. The van der Waals surface area contributed by atoms with E-state index in [-0.39, 0.29) is 5.02 Å². The highest BCUT2D eigenvalue weighted by Crippen LogP contribution is 2.19. The third kappa shape index (κ3) is 3.16. The molecule has 0 bridgehead atoms. The van der Waals surface area contributed by atoms with Crippen LogP contribution < -0.4 is 10.9 Å². The van der Waals surface area contributed by atoms with Crippen LogP contribution in [0.3, 0.4) is 0 Å². The molecular weight excluding hydrogens is 349 g/mol.